The van der Waals surface area contributed by atoms with Crippen LogP contribution in [0, 0.1) is 6.92 Å². The molecule has 2 aromatic rings. The molecule has 0 aliphatic carbocycles. The van der Waals surface area contributed by atoms with Crippen molar-refractivity contribution in [3.63, 3.8) is 0 Å². The summed E-state index contributed by atoms with van der Waals surface area (Å²) in [6.07, 6.45) is 3.08. The van der Waals surface area contributed by atoms with E-state index in [4.69, 9.17) is 10.5 Å². The van der Waals surface area contributed by atoms with Crippen LogP contribution in [0.1, 0.15) is 34.7 Å². The van der Waals surface area contributed by atoms with Gasteiger partial charge in [-0.15, -0.1) is 0 Å². The number of fused-ring (bicyclic) bond motifs is 1. The van der Waals surface area contributed by atoms with Crippen molar-refractivity contribution in [2.75, 3.05) is 6.61 Å². The van der Waals surface area contributed by atoms with Gasteiger partial charge >= 0.3 is 0 Å². The molecule has 0 spiro atoms. The van der Waals surface area contributed by atoms with E-state index < -0.39 is 0 Å². The number of hydrogen-bond donors (Lipinski definition) is 1. The number of rotatable bonds is 3. The highest BCUT2D eigenvalue weighted by Gasteiger charge is 2.14. The molecule has 1 aliphatic heterocycles. The number of hydrogen-bond acceptors (Lipinski definition) is 2. The molecule has 3 rings (SSSR count). The molecule has 2 N–H and O–H groups in total. The molecule has 1 unspecified atom stereocenters. The normalized spacial score (nSPS) is 15.3. The second-order valence-corrected chi connectivity index (χ2v) is 5.56. The van der Waals surface area contributed by atoms with Gasteiger partial charge in [-0.1, -0.05) is 36.4 Å². The smallest absolute Gasteiger partial charge is 0.122 e. The van der Waals surface area contributed by atoms with Crippen LogP contribution in [-0.4, -0.2) is 6.61 Å². The lowest BCUT2D eigenvalue weighted by Crippen LogP contribution is -2.15. The van der Waals surface area contributed by atoms with E-state index in [0.29, 0.717) is 0 Å². The number of ether oxygens (including phenoxy) is 1. The van der Waals surface area contributed by atoms with Crippen molar-refractivity contribution in [3.8, 4) is 5.75 Å². The minimum absolute atomic E-state index is 0.0447. The van der Waals surface area contributed by atoms with Gasteiger partial charge in [-0.2, -0.15) is 0 Å². The predicted molar refractivity (Wildman–Crippen MR) is 82.1 cm³/mol. The largest absolute Gasteiger partial charge is 0.493 e. The van der Waals surface area contributed by atoms with E-state index in [1.165, 1.54) is 22.3 Å². The van der Waals surface area contributed by atoms with Crippen molar-refractivity contribution in [3.05, 3.63) is 64.7 Å². The first-order valence-corrected chi connectivity index (χ1v) is 7.30. The average molecular weight is 267 g/mol. The molecule has 0 saturated carbocycles. The van der Waals surface area contributed by atoms with Gasteiger partial charge in [-0.3, -0.25) is 0 Å². The van der Waals surface area contributed by atoms with E-state index in [2.05, 4.69) is 49.4 Å². The van der Waals surface area contributed by atoms with Crippen LogP contribution in [0.4, 0.5) is 0 Å². The second kappa shape index (κ2) is 5.68. The van der Waals surface area contributed by atoms with Gasteiger partial charge in [-0.25, -0.2) is 0 Å². The molecule has 1 aliphatic rings. The minimum Gasteiger partial charge on any atom is -0.493 e. The molecule has 1 heterocycles. The Labute approximate surface area is 120 Å². The maximum absolute atomic E-state index is 6.39. The van der Waals surface area contributed by atoms with Gasteiger partial charge in [0.15, 0.2) is 0 Å². The fraction of sp³-hybridized carbons (Fsp3) is 0.333. The number of aryl methyl sites for hydroxylation is 2. The molecule has 2 nitrogen and oxygen atoms in total. The Morgan fingerprint density at radius 3 is 2.90 bits per heavy atom. The van der Waals surface area contributed by atoms with Gasteiger partial charge in [0.1, 0.15) is 5.75 Å². The third-order valence-electron chi connectivity index (χ3n) is 4.06. The van der Waals surface area contributed by atoms with Gasteiger partial charge in [-0.05, 0) is 54.5 Å². The standard InChI is InChI=1S/C18H21NO/c1-13-5-2-3-6-14(13)12-17(19)15-8-9-18-16(11-15)7-4-10-20-18/h2-3,5-6,8-9,11,17H,4,7,10,12,19H2,1H3. The Morgan fingerprint density at radius 1 is 1.20 bits per heavy atom. The highest BCUT2D eigenvalue weighted by Crippen LogP contribution is 2.28. The van der Waals surface area contributed by atoms with Gasteiger partial charge in [0.2, 0.25) is 0 Å². The summed E-state index contributed by atoms with van der Waals surface area (Å²) in [7, 11) is 0. The molecule has 0 amide bonds. The van der Waals surface area contributed by atoms with Gasteiger partial charge < -0.3 is 10.5 Å². The Morgan fingerprint density at radius 2 is 2.05 bits per heavy atom. The monoisotopic (exact) mass is 267 g/mol. The molecule has 0 fully saturated rings. The number of benzene rings is 2. The summed E-state index contributed by atoms with van der Waals surface area (Å²) >= 11 is 0. The maximum atomic E-state index is 6.39. The summed E-state index contributed by atoms with van der Waals surface area (Å²) in [5.41, 5.74) is 11.5. The molecule has 0 radical (unpaired) electrons. The van der Waals surface area contributed by atoms with E-state index in [0.717, 1.165) is 31.6 Å². The fourth-order valence-corrected chi connectivity index (χ4v) is 2.80. The predicted octanol–water partition coefficient (Wildman–Crippen LogP) is 3.56. The third kappa shape index (κ3) is 2.70. The Kier molecular flexibility index (Phi) is 3.75. The summed E-state index contributed by atoms with van der Waals surface area (Å²) < 4.78 is 5.65. The zero-order chi connectivity index (χ0) is 13.9. The van der Waals surface area contributed by atoms with Crippen molar-refractivity contribution in [2.45, 2.75) is 32.2 Å². The zero-order valence-electron chi connectivity index (χ0n) is 11.9. The maximum Gasteiger partial charge on any atom is 0.122 e. The summed E-state index contributed by atoms with van der Waals surface area (Å²) in [6, 6.07) is 14.9. The van der Waals surface area contributed by atoms with Crippen molar-refractivity contribution in [1.82, 2.24) is 0 Å². The van der Waals surface area contributed by atoms with Crippen molar-refractivity contribution >= 4 is 0 Å². The van der Waals surface area contributed by atoms with Gasteiger partial charge in [0.05, 0.1) is 6.61 Å². The van der Waals surface area contributed by atoms with Crippen LogP contribution in [0.15, 0.2) is 42.5 Å². The van der Waals surface area contributed by atoms with Crippen molar-refractivity contribution in [2.24, 2.45) is 5.73 Å². The van der Waals surface area contributed by atoms with E-state index in [1.54, 1.807) is 0 Å². The lowest BCUT2D eigenvalue weighted by atomic mass is 9.94. The molecule has 1 atom stereocenters. The molecular formula is C18H21NO. The summed E-state index contributed by atoms with van der Waals surface area (Å²) in [4.78, 5) is 0. The second-order valence-electron chi connectivity index (χ2n) is 5.56. The minimum atomic E-state index is 0.0447. The Hall–Kier alpha value is -1.80. The Balaban J connectivity index is 1.80. The fourth-order valence-electron chi connectivity index (χ4n) is 2.80. The first kappa shape index (κ1) is 13.2. The molecule has 0 bridgehead atoms. The summed E-state index contributed by atoms with van der Waals surface area (Å²) in [5.74, 6) is 1.03. The first-order valence-electron chi connectivity index (χ1n) is 7.30. The highest BCUT2D eigenvalue weighted by atomic mass is 16.5. The van der Waals surface area contributed by atoms with Crippen LogP contribution in [0.2, 0.25) is 0 Å². The number of nitrogens with two attached hydrogens (primary N) is 1. The van der Waals surface area contributed by atoms with E-state index >= 15 is 0 Å². The van der Waals surface area contributed by atoms with Crippen LogP contribution in [0.25, 0.3) is 0 Å². The zero-order valence-corrected chi connectivity index (χ0v) is 11.9. The molecule has 2 aromatic carbocycles. The first-order chi connectivity index (χ1) is 9.74. The van der Waals surface area contributed by atoms with Crippen LogP contribution < -0.4 is 10.5 Å². The van der Waals surface area contributed by atoms with E-state index in [-0.39, 0.29) is 6.04 Å². The molecule has 20 heavy (non-hydrogen) atoms. The molecule has 0 saturated heterocycles. The lowest BCUT2D eigenvalue weighted by Gasteiger charge is -2.20. The van der Waals surface area contributed by atoms with Gasteiger partial charge in [0.25, 0.3) is 0 Å². The van der Waals surface area contributed by atoms with E-state index in [1.807, 2.05) is 0 Å². The van der Waals surface area contributed by atoms with Gasteiger partial charge in [0, 0.05) is 6.04 Å². The van der Waals surface area contributed by atoms with Crippen LogP contribution >= 0.6 is 0 Å². The SMILES string of the molecule is Cc1ccccc1CC(N)c1ccc2c(c1)CCCO2. The molecule has 0 aromatic heterocycles. The van der Waals surface area contributed by atoms with Crippen molar-refractivity contribution in [1.29, 1.82) is 0 Å². The highest BCUT2D eigenvalue weighted by molar-refractivity contribution is 5.40. The topological polar surface area (TPSA) is 35.2 Å². The molecular weight excluding hydrogens is 246 g/mol. The summed E-state index contributed by atoms with van der Waals surface area (Å²) in [5, 5.41) is 0. The van der Waals surface area contributed by atoms with E-state index in [9.17, 15) is 0 Å². The van der Waals surface area contributed by atoms with Crippen LogP contribution in [-0.2, 0) is 12.8 Å². The quantitative estimate of drug-likeness (QED) is 0.922. The lowest BCUT2D eigenvalue weighted by molar-refractivity contribution is 0.288. The van der Waals surface area contributed by atoms with Crippen molar-refractivity contribution < 1.29 is 4.74 Å². The van der Waals surface area contributed by atoms with Crippen LogP contribution in [0.3, 0.4) is 0 Å². The summed E-state index contributed by atoms with van der Waals surface area (Å²) in [6.45, 7) is 2.98. The average Bonchev–Trinajstić information content (AvgIpc) is 2.49. The Bertz CT molecular complexity index is 606. The van der Waals surface area contributed by atoms with Crippen LogP contribution in [0.5, 0.6) is 5.75 Å². The molecule has 104 valence electrons. The third-order valence-corrected chi connectivity index (χ3v) is 4.06. The molecule has 2 heteroatoms.